The SMILES string of the molecule is CC(O)CNC(=O)CCCC(C)(C)C. The van der Waals surface area contributed by atoms with E-state index in [2.05, 4.69) is 26.1 Å². The van der Waals surface area contributed by atoms with E-state index in [1.165, 1.54) is 0 Å². The van der Waals surface area contributed by atoms with Crippen LogP contribution in [0, 0.1) is 5.41 Å². The Morgan fingerprint density at radius 3 is 2.43 bits per heavy atom. The number of rotatable bonds is 5. The largest absolute Gasteiger partial charge is 0.392 e. The zero-order chi connectivity index (χ0) is 11.2. The van der Waals surface area contributed by atoms with Gasteiger partial charge in [-0.1, -0.05) is 20.8 Å². The van der Waals surface area contributed by atoms with Crippen LogP contribution in [0.2, 0.25) is 0 Å². The number of carbonyl (C=O) groups excluding carboxylic acids is 1. The van der Waals surface area contributed by atoms with E-state index in [1.54, 1.807) is 6.92 Å². The molecule has 0 fully saturated rings. The summed E-state index contributed by atoms with van der Waals surface area (Å²) in [5.41, 5.74) is 0.296. The first kappa shape index (κ1) is 13.4. The molecule has 0 aromatic heterocycles. The Hall–Kier alpha value is -0.570. The summed E-state index contributed by atoms with van der Waals surface area (Å²) in [6.45, 7) is 8.52. The van der Waals surface area contributed by atoms with Gasteiger partial charge in [-0.3, -0.25) is 4.79 Å². The topological polar surface area (TPSA) is 49.3 Å². The summed E-state index contributed by atoms with van der Waals surface area (Å²) in [6, 6.07) is 0. The van der Waals surface area contributed by atoms with Crippen molar-refractivity contribution in [2.75, 3.05) is 6.54 Å². The van der Waals surface area contributed by atoms with Crippen LogP contribution in [0.3, 0.4) is 0 Å². The van der Waals surface area contributed by atoms with Crippen LogP contribution in [0.5, 0.6) is 0 Å². The van der Waals surface area contributed by atoms with Crippen LogP contribution in [0.25, 0.3) is 0 Å². The van der Waals surface area contributed by atoms with E-state index < -0.39 is 6.10 Å². The number of hydrogen-bond donors (Lipinski definition) is 2. The molecule has 84 valence electrons. The summed E-state index contributed by atoms with van der Waals surface area (Å²) in [5, 5.41) is 11.6. The van der Waals surface area contributed by atoms with Crippen molar-refractivity contribution in [1.82, 2.24) is 5.32 Å². The van der Waals surface area contributed by atoms with Crippen molar-refractivity contribution >= 4 is 5.91 Å². The number of hydrogen-bond acceptors (Lipinski definition) is 2. The molecule has 3 heteroatoms. The lowest BCUT2D eigenvalue weighted by atomic mass is 9.90. The first-order valence-corrected chi connectivity index (χ1v) is 5.26. The molecule has 1 amide bonds. The maximum absolute atomic E-state index is 11.2. The predicted molar refractivity (Wildman–Crippen MR) is 58.0 cm³/mol. The highest BCUT2D eigenvalue weighted by Crippen LogP contribution is 2.21. The first-order chi connectivity index (χ1) is 6.31. The smallest absolute Gasteiger partial charge is 0.220 e. The highest BCUT2D eigenvalue weighted by molar-refractivity contribution is 5.75. The molecule has 0 aromatic rings. The number of aliphatic hydroxyl groups excluding tert-OH is 1. The van der Waals surface area contributed by atoms with Crippen LogP contribution < -0.4 is 5.32 Å². The lowest BCUT2D eigenvalue weighted by Crippen LogP contribution is -2.30. The minimum atomic E-state index is -0.457. The van der Waals surface area contributed by atoms with Gasteiger partial charge in [0.15, 0.2) is 0 Å². The molecule has 14 heavy (non-hydrogen) atoms. The van der Waals surface area contributed by atoms with Crippen LogP contribution >= 0.6 is 0 Å². The second-order valence-electron chi connectivity index (χ2n) is 5.07. The summed E-state index contributed by atoms with van der Waals surface area (Å²) in [5.74, 6) is 0.0372. The highest BCUT2D eigenvalue weighted by atomic mass is 16.3. The molecule has 1 unspecified atom stereocenters. The van der Waals surface area contributed by atoms with E-state index in [4.69, 9.17) is 5.11 Å². The fraction of sp³-hybridized carbons (Fsp3) is 0.909. The molecule has 0 saturated carbocycles. The zero-order valence-corrected chi connectivity index (χ0v) is 9.76. The Balaban J connectivity index is 3.46. The monoisotopic (exact) mass is 201 g/mol. The maximum atomic E-state index is 11.2. The average Bonchev–Trinajstić information content (AvgIpc) is 1.98. The van der Waals surface area contributed by atoms with Crippen molar-refractivity contribution in [3.05, 3.63) is 0 Å². The van der Waals surface area contributed by atoms with Crippen molar-refractivity contribution in [2.45, 2.75) is 53.1 Å². The molecule has 3 nitrogen and oxygen atoms in total. The van der Waals surface area contributed by atoms with Crippen molar-refractivity contribution in [1.29, 1.82) is 0 Å². The third-order valence-electron chi connectivity index (χ3n) is 1.93. The molecule has 0 saturated heterocycles. The van der Waals surface area contributed by atoms with Crippen molar-refractivity contribution in [3.8, 4) is 0 Å². The van der Waals surface area contributed by atoms with Gasteiger partial charge >= 0.3 is 0 Å². The highest BCUT2D eigenvalue weighted by Gasteiger charge is 2.10. The van der Waals surface area contributed by atoms with Gasteiger partial charge in [0.25, 0.3) is 0 Å². The number of amides is 1. The summed E-state index contributed by atoms with van der Waals surface area (Å²) in [6.07, 6.45) is 2.07. The molecule has 2 N–H and O–H groups in total. The summed E-state index contributed by atoms with van der Waals surface area (Å²) >= 11 is 0. The van der Waals surface area contributed by atoms with Gasteiger partial charge in [-0.05, 0) is 25.2 Å². The van der Waals surface area contributed by atoms with E-state index in [0.29, 0.717) is 18.4 Å². The molecule has 0 radical (unpaired) electrons. The third kappa shape index (κ3) is 9.52. The molecule has 0 spiro atoms. The Labute approximate surface area is 86.9 Å². The van der Waals surface area contributed by atoms with Crippen LogP contribution in [0.1, 0.15) is 47.0 Å². The zero-order valence-electron chi connectivity index (χ0n) is 9.76. The number of carbonyl (C=O) groups is 1. The molecule has 0 aromatic carbocycles. The molecule has 0 aliphatic heterocycles. The van der Waals surface area contributed by atoms with Crippen LogP contribution in [0.4, 0.5) is 0 Å². The van der Waals surface area contributed by atoms with Crippen LogP contribution in [-0.2, 0) is 4.79 Å². The molecule has 0 rings (SSSR count). The molecule has 0 bridgehead atoms. The van der Waals surface area contributed by atoms with Gasteiger partial charge < -0.3 is 10.4 Å². The van der Waals surface area contributed by atoms with E-state index in [0.717, 1.165) is 12.8 Å². The van der Waals surface area contributed by atoms with Gasteiger partial charge in [-0.25, -0.2) is 0 Å². The van der Waals surface area contributed by atoms with Crippen LogP contribution in [0.15, 0.2) is 0 Å². The Kier molecular flexibility index (Phi) is 5.77. The van der Waals surface area contributed by atoms with Crippen molar-refractivity contribution in [3.63, 3.8) is 0 Å². The van der Waals surface area contributed by atoms with E-state index in [9.17, 15) is 4.79 Å². The van der Waals surface area contributed by atoms with Gasteiger partial charge in [0, 0.05) is 13.0 Å². The van der Waals surface area contributed by atoms with Crippen LogP contribution in [-0.4, -0.2) is 23.7 Å². The second-order valence-corrected chi connectivity index (χ2v) is 5.07. The van der Waals surface area contributed by atoms with Crippen molar-refractivity contribution in [2.24, 2.45) is 5.41 Å². The Bertz CT molecular complexity index is 171. The summed E-state index contributed by atoms with van der Waals surface area (Å²) in [7, 11) is 0. The lowest BCUT2D eigenvalue weighted by molar-refractivity contribution is -0.121. The third-order valence-corrected chi connectivity index (χ3v) is 1.93. The molecule has 0 aliphatic rings. The quantitative estimate of drug-likeness (QED) is 0.711. The van der Waals surface area contributed by atoms with Gasteiger partial charge in [-0.15, -0.1) is 0 Å². The van der Waals surface area contributed by atoms with Crippen molar-refractivity contribution < 1.29 is 9.90 Å². The molecule has 1 atom stereocenters. The molecule has 0 aliphatic carbocycles. The average molecular weight is 201 g/mol. The molecule has 0 heterocycles. The minimum absolute atomic E-state index is 0.0372. The second kappa shape index (κ2) is 6.02. The van der Waals surface area contributed by atoms with Gasteiger partial charge in [0.2, 0.25) is 5.91 Å². The van der Waals surface area contributed by atoms with Gasteiger partial charge in [-0.2, -0.15) is 0 Å². The Morgan fingerprint density at radius 1 is 1.43 bits per heavy atom. The van der Waals surface area contributed by atoms with Gasteiger partial charge in [0.1, 0.15) is 0 Å². The molecular weight excluding hydrogens is 178 g/mol. The first-order valence-electron chi connectivity index (χ1n) is 5.26. The standard InChI is InChI=1S/C11H23NO2/c1-9(13)8-12-10(14)6-5-7-11(2,3)4/h9,13H,5-8H2,1-4H3,(H,12,14). The fourth-order valence-electron chi connectivity index (χ4n) is 1.13. The predicted octanol–water partition coefficient (Wildman–Crippen LogP) is 1.70. The molecular formula is C11H23NO2. The van der Waals surface area contributed by atoms with Gasteiger partial charge in [0.05, 0.1) is 6.10 Å². The minimum Gasteiger partial charge on any atom is -0.392 e. The van der Waals surface area contributed by atoms with E-state index in [1.807, 2.05) is 0 Å². The lowest BCUT2D eigenvalue weighted by Gasteiger charge is -2.17. The maximum Gasteiger partial charge on any atom is 0.220 e. The number of aliphatic hydroxyl groups is 1. The summed E-state index contributed by atoms with van der Waals surface area (Å²) < 4.78 is 0. The Morgan fingerprint density at radius 2 is 2.00 bits per heavy atom. The fourth-order valence-corrected chi connectivity index (χ4v) is 1.13. The normalized spacial score (nSPS) is 13.8. The number of nitrogens with one attached hydrogen (secondary N) is 1. The van der Waals surface area contributed by atoms with E-state index >= 15 is 0 Å². The summed E-state index contributed by atoms with van der Waals surface area (Å²) in [4.78, 5) is 11.2. The van der Waals surface area contributed by atoms with E-state index in [-0.39, 0.29) is 5.91 Å².